The van der Waals surface area contributed by atoms with Gasteiger partial charge >= 0.3 is 5.97 Å². The zero-order valence-corrected chi connectivity index (χ0v) is 13.7. The zero-order chi connectivity index (χ0) is 17.5. The average Bonchev–Trinajstić information content (AvgIpc) is 3.05. The van der Waals surface area contributed by atoms with Crippen molar-refractivity contribution in [2.75, 3.05) is 24.3 Å². The minimum Gasteiger partial charge on any atom is -0.480 e. The Morgan fingerprint density at radius 1 is 1.21 bits per heavy atom. The van der Waals surface area contributed by atoms with E-state index in [0.29, 0.717) is 11.4 Å². The topological polar surface area (TPSA) is 94.8 Å². The number of benzene rings is 1. The van der Waals surface area contributed by atoms with Gasteiger partial charge in [-0.1, -0.05) is 0 Å². The van der Waals surface area contributed by atoms with Crippen molar-refractivity contribution < 1.29 is 19.1 Å². The summed E-state index contributed by atoms with van der Waals surface area (Å²) in [6.45, 7) is 0.245. The highest BCUT2D eigenvalue weighted by atomic mass is 16.4. The largest absolute Gasteiger partial charge is 0.480 e. The molecule has 0 fully saturated rings. The second kappa shape index (κ2) is 8.16. The molecule has 0 unspecified atom stereocenters. The fourth-order valence-corrected chi connectivity index (χ4v) is 2.12. The molecule has 0 radical (unpaired) electrons. The Bertz CT molecular complexity index is 666. The SMILES string of the molecule is CN(C)c1ccc(NC(=O)C[C@@H](NCc2ccco2)C(=O)O)cc1. The molecule has 1 amide bonds. The molecule has 0 saturated heterocycles. The number of carboxylic acid groups (broad SMARTS) is 1. The van der Waals surface area contributed by atoms with Crippen LogP contribution < -0.4 is 15.5 Å². The van der Waals surface area contributed by atoms with Crippen LogP contribution in [0, 0.1) is 0 Å². The van der Waals surface area contributed by atoms with Gasteiger partial charge in [0.1, 0.15) is 11.8 Å². The fourth-order valence-electron chi connectivity index (χ4n) is 2.12. The van der Waals surface area contributed by atoms with Crippen molar-refractivity contribution >= 4 is 23.3 Å². The van der Waals surface area contributed by atoms with Gasteiger partial charge in [0.15, 0.2) is 0 Å². The van der Waals surface area contributed by atoms with Crippen LogP contribution in [0.15, 0.2) is 47.1 Å². The molecule has 2 rings (SSSR count). The van der Waals surface area contributed by atoms with Gasteiger partial charge in [0.25, 0.3) is 0 Å². The summed E-state index contributed by atoms with van der Waals surface area (Å²) in [5.41, 5.74) is 1.64. The van der Waals surface area contributed by atoms with Crippen molar-refractivity contribution in [1.82, 2.24) is 5.32 Å². The molecule has 1 aromatic heterocycles. The standard InChI is InChI=1S/C17H21N3O4/c1-20(2)13-7-5-12(6-8-13)19-16(21)10-15(17(22)23)18-11-14-4-3-9-24-14/h3-9,15,18H,10-11H2,1-2H3,(H,19,21)(H,22,23)/t15-/m1/s1. The van der Waals surface area contributed by atoms with E-state index in [1.165, 1.54) is 6.26 Å². The molecule has 0 aliphatic heterocycles. The summed E-state index contributed by atoms with van der Waals surface area (Å²) in [4.78, 5) is 25.3. The fraction of sp³-hybridized carbons (Fsp3) is 0.294. The molecule has 2 aromatic rings. The van der Waals surface area contributed by atoms with Gasteiger partial charge in [0, 0.05) is 25.5 Å². The molecular weight excluding hydrogens is 310 g/mol. The van der Waals surface area contributed by atoms with Gasteiger partial charge in [-0.3, -0.25) is 14.9 Å². The van der Waals surface area contributed by atoms with Crippen LogP contribution in [0.4, 0.5) is 11.4 Å². The van der Waals surface area contributed by atoms with Crippen molar-refractivity contribution in [1.29, 1.82) is 0 Å². The molecule has 3 N–H and O–H groups in total. The lowest BCUT2D eigenvalue weighted by molar-refractivity contribution is -0.141. The number of hydrogen-bond donors (Lipinski definition) is 3. The number of nitrogens with one attached hydrogen (secondary N) is 2. The van der Waals surface area contributed by atoms with E-state index < -0.39 is 12.0 Å². The van der Waals surface area contributed by atoms with E-state index in [9.17, 15) is 14.7 Å². The summed E-state index contributed by atoms with van der Waals surface area (Å²) < 4.78 is 5.13. The monoisotopic (exact) mass is 331 g/mol. The van der Waals surface area contributed by atoms with Crippen LogP contribution >= 0.6 is 0 Å². The molecule has 7 nitrogen and oxygen atoms in total. The minimum atomic E-state index is -1.08. The van der Waals surface area contributed by atoms with Gasteiger partial charge in [-0.05, 0) is 36.4 Å². The second-order valence-electron chi connectivity index (χ2n) is 5.54. The molecular formula is C17H21N3O4. The maximum absolute atomic E-state index is 12.1. The minimum absolute atomic E-state index is 0.175. The Balaban J connectivity index is 1.88. The maximum Gasteiger partial charge on any atom is 0.321 e. The van der Waals surface area contributed by atoms with Crippen LogP contribution in [0.3, 0.4) is 0 Å². The lowest BCUT2D eigenvalue weighted by atomic mass is 10.2. The van der Waals surface area contributed by atoms with E-state index in [1.807, 2.05) is 31.1 Å². The quantitative estimate of drug-likeness (QED) is 0.684. The van der Waals surface area contributed by atoms with E-state index in [2.05, 4.69) is 10.6 Å². The molecule has 1 aromatic carbocycles. The van der Waals surface area contributed by atoms with Gasteiger partial charge in [-0.2, -0.15) is 0 Å². The molecule has 7 heteroatoms. The third kappa shape index (κ3) is 5.13. The van der Waals surface area contributed by atoms with Crippen LogP contribution in [0.2, 0.25) is 0 Å². The number of carboxylic acids is 1. The molecule has 1 atom stereocenters. The summed E-state index contributed by atoms with van der Waals surface area (Å²) in [5, 5.41) is 14.7. The number of furan rings is 1. The van der Waals surface area contributed by atoms with E-state index >= 15 is 0 Å². The number of anilines is 2. The summed E-state index contributed by atoms with van der Waals surface area (Å²) >= 11 is 0. The van der Waals surface area contributed by atoms with Crippen LogP contribution in [0.5, 0.6) is 0 Å². The Kier molecular flexibility index (Phi) is 5.97. The Morgan fingerprint density at radius 2 is 1.92 bits per heavy atom. The third-order valence-corrected chi connectivity index (χ3v) is 3.46. The first-order valence-electron chi connectivity index (χ1n) is 7.51. The number of aliphatic carboxylic acids is 1. The predicted octanol–water partition coefficient (Wildman–Crippen LogP) is 1.92. The number of nitrogens with zero attached hydrogens (tertiary/aromatic N) is 1. The van der Waals surface area contributed by atoms with Crippen molar-refractivity contribution in [3.8, 4) is 0 Å². The van der Waals surface area contributed by atoms with Crippen LogP contribution in [-0.2, 0) is 16.1 Å². The summed E-state index contributed by atoms with van der Waals surface area (Å²) in [7, 11) is 3.85. The zero-order valence-electron chi connectivity index (χ0n) is 13.7. The first kappa shape index (κ1) is 17.6. The van der Waals surface area contributed by atoms with Gasteiger partial charge in [0.05, 0.1) is 19.2 Å². The Morgan fingerprint density at radius 3 is 2.46 bits per heavy atom. The van der Waals surface area contributed by atoms with Crippen LogP contribution in [-0.4, -0.2) is 37.1 Å². The average molecular weight is 331 g/mol. The number of hydrogen-bond acceptors (Lipinski definition) is 5. The van der Waals surface area contributed by atoms with Crippen LogP contribution in [0.1, 0.15) is 12.2 Å². The highest BCUT2D eigenvalue weighted by Crippen LogP contribution is 2.16. The lowest BCUT2D eigenvalue weighted by Crippen LogP contribution is -2.39. The van der Waals surface area contributed by atoms with E-state index in [0.717, 1.165) is 5.69 Å². The normalized spacial score (nSPS) is 11.8. The number of carbonyl (C=O) groups excluding carboxylic acids is 1. The van der Waals surface area contributed by atoms with Gasteiger partial charge < -0.3 is 19.7 Å². The molecule has 0 saturated carbocycles. The molecule has 24 heavy (non-hydrogen) atoms. The molecule has 128 valence electrons. The van der Waals surface area contributed by atoms with E-state index in [4.69, 9.17) is 4.42 Å². The number of carbonyl (C=O) groups is 2. The van der Waals surface area contributed by atoms with E-state index in [-0.39, 0.29) is 18.9 Å². The highest BCUT2D eigenvalue weighted by molar-refractivity contribution is 5.94. The molecule has 0 spiro atoms. The maximum atomic E-state index is 12.1. The highest BCUT2D eigenvalue weighted by Gasteiger charge is 2.21. The van der Waals surface area contributed by atoms with Crippen molar-refractivity contribution in [2.45, 2.75) is 19.0 Å². The summed E-state index contributed by atoms with van der Waals surface area (Å²) in [6, 6.07) is 9.77. The van der Waals surface area contributed by atoms with Crippen molar-refractivity contribution in [3.63, 3.8) is 0 Å². The van der Waals surface area contributed by atoms with E-state index in [1.54, 1.807) is 24.3 Å². The Hall–Kier alpha value is -2.80. The van der Waals surface area contributed by atoms with Gasteiger partial charge in [-0.15, -0.1) is 0 Å². The first-order valence-corrected chi connectivity index (χ1v) is 7.51. The lowest BCUT2D eigenvalue weighted by Gasteiger charge is -2.15. The smallest absolute Gasteiger partial charge is 0.321 e. The summed E-state index contributed by atoms with van der Waals surface area (Å²) in [5.74, 6) is -0.840. The van der Waals surface area contributed by atoms with Crippen molar-refractivity contribution in [3.05, 3.63) is 48.4 Å². The van der Waals surface area contributed by atoms with Gasteiger partial charge in [0.2, 0.25) is 5.91 Å². The van der Waals surface area contributed by atoms with Crippen molar-refractivity contribution in [2.24, 2.45) is 0 Å². The molecule has 1 heterocycles. The predicted molar refractivity (Wildman–Crippen MR) is 91.0 cm³/mol. The third-order valence-electron chi connectivity index (χ3n) is 3.46. The molecule has 0 bridgehead atoms. The molecule has 0 aliphatic rings. The molecule has 0 aliphatic carbocycles. The number of rotatable bonds is 8. The van der Waals surface area contributed by atoms with Gasteiger partial charge in [-0.25, -0.2) is 0 Å². The number of amides is 1. The Labute approximate surface area is 140 Å². The first-order chi connectivity index (χ1) is 11.5. The van der Waals surface area contributed by atoms with Crippen LogP contribution in [0.25, 0.3) is 0 Å². The second-order valence-corrected chi connectivity index (χ2v) is 5.54. The summed E-state index contributed by atoms with van der Waals surface area (Å²) in [6.07, 6.45) is 1.34.